The van der Waals surface area contributed by atoms with Crippen LogP contribution >= 0.6 is 0 Å². The van der Waals surface area contributed by atoms with Crippen molar-refractivity contribution in [1.29, 1.82) is 0 Å². The Morgan fingerprint density at radius 3 is 1.78 bits per heavy atom. The van der Waals surface area contributed by atoms with E-state index in [0.29, 0.717) is 11.1 Å². The molecule has 0 aliphatic heterocycles. The zero-order chi connectivity index (χ0) is 19.4. The number of hydrogen-bond donors (Lipinski definition) is 0. The Morgan fingerprint density at radius 1 is 0.704 bits per heavy atom. The summed E-state index contributed by atoms with van der Waals surface area (Å²) in [5.74, 6) is -0.446. The minimum atomic E-state index is -3.32. The fraction of sp³-hybridized carbons (Fsp3) is 0.0476. The first-order valence-corrected chi connectivity index (χ1v) is 9.96. The molecule has 0 aliphatic rings. The van der Waals surface area contributed by atoms with Gasteiger partial charge in [-0.3, -0.25) is 4.79 Å². The molecule has 0 unspecified atom stereocenters. The minimum Gasteiger partial charge on any atom is -0.423 e. The van der Waals surface area contributed by atoms with Gasteiger partial charge in [-0.25, -0.2) is 13.2 Å². The first-order valence-electron chi connectivity index (χ1n) is 8.07. The van der Waals surface area contributed by atoms with Gasteiger partial charge < -0.3 is 4.74 Å². The van der Waals surface area contributed by atoms with Gasteiger partial charge in [-0.15, -0.1) is 0 Å². The second kappa shape index (κ2) is 7.55. The highest BCUT2D eigenvalue weighted by Crippen LogP contribution is 2.18. The summed E-state index contributed by atoms with van der Waals surface area (Å²) in [6.45, 7) is 0. The van der Waals surface area contributed by atoms with Gasteiger partial charge in [-0.2, -0.15) is 0 Å². The molecule has 3 aromatic rings. The molecule has 0 atom stereocenters. The third-order valence-electron chi connectivity index (χ3n) is 3.88. The van der Waals surface area contributed by atoms with Crippen molar-refractivity contribution >= 4 is 21.6 Å². The smallest absolute Gasteiger partial charge is 0.343 e. The molecular formula is C21H16O5S. The van der Waals surface area contributed by atoms with Gasteiger partial charge >= 0.3 is 5.97 Å². The van der Waals surface area contributed by atoms with Gasteiger partial charge in [0, 0.05) is 17.4 Å². The SMILES string of the molecule is CS(=O)(=O)c1ccc(C(=O)Oc2ccc(C(=O)c3ccccc3)cc2)cc1. The van der Waals surface area contributed by atoms with Gasteiger partial charge in [-0.1, -0.05) is 30.3 Å². The van der Waals surface area contributed by atoms with Crippen LogP contribution in [-0.2, 0) is 9.84 Å². The second-order valence-corrected chi connectivity index (χ2v) is 7.92. The molecule has 0 spiro atoms. The molecule has 3 aromatic carbocycles. The van der Waals surface area contributed by atoms with Gasteiger partial charge in [0.05, 0.1) is 10.5 Å². The molecule has 0 bridgehead atoms. The maximum Gasteiger partial charge on any atom is 0.343 e. The number of ether oxygens (including phenoxy) is 1. The summed E-state index contributed by atoms with van der Waals surface area (Å²) in [4.78, 5) is 24.7. The molecule has 0 saturated carbocycles. The lowest BCUT2D eigenvalue weighted by atomic mass is 10.0. The van der Waals surface area contributed by atoms with Crippen molar-refractivity contribution < 1.29 is 22.7 Å². The van der Waals surface area contributed by atoms with E-state index >= 15 is 0 Å². The number of carbonyl (C=O) groups excluding carboxylic acids is 2. The highest BCUT2D eigenvalue weighted by molar-refractivity contribution is 7.90. The second-order valence-electron chi connectivity index (χ2n) is 5.91. The molecule has 0 aromatic heterocycles. The fourth-order valence-electron chi connectivity index (χ4n) is 2.43. The van der Waals surface area contributed by atoms with Crippen LogP contribution in [0.15, 0.2) is 83.8 Å². The predicted molar refractivity (Wildman–Crippen MR) is 101 cm³/mol. The minimum absolute atomic E-state index is 0.121. The van der Waals surface area contributed by atoms with Crippen LogP contribution < -0.4 is 4.74 Å². The number of hydrogen-bond acceptors (Lipinski definition) is 5. The van der Waals surface area contributed by atoms with Crippen LogP contribution in [0.5, 0.6) is 5.75 Å². The van der Waals surface area contributed by atoms with Crippen molar-refractivity contribution in [1.82, 2.24) is 0 Å². The monoisotopic (exact) mass is 380 g/mol. The third-order valence-corrected chi connectivity index (χ3v) is 5.01. The van der Waals surface area contributed by atoms with Crippen molar-refractivity contribution in [2.24, 2.45) is 0 Å². The lowest BCUT2D eigenvalue weighted by molar-refractivity contribution is 0.0734. The summed E-state index contributed by atoms with van der Waals surface area (Å²) < 4.78 is 28.2. The van der Waals surface area contributed by atoms with E-state index in [9.17, 15) is 18.0 Å². The molecule has 0 N–H and O–H groups in total. The lowest BCUT2D eigenvalue weighted by Gasteiger charge is -2.06. The summed E-state index contributed by atoms with van der Waals surface area (Å²) in [5.41, 5.74) is 1.29. The van der Waals surface area contributed by atoms with Crippen LogP contribution in [-0.4, -0.2) is 26.4 Å². The standard InChI is InChI=1S/C21H16O5S/c1-27(24,25)19-13-9-17(10-14-19)21(23)26-18-11-7-16(8-12-18)20(22)15-5-3-2-4-6-15/h2-14H,1H3. The number of benzene rings is 3. The summed E-state index contributed by atoms with van der Waals surface area (Å²) in [6, 6.07) is 20.6. The average Bonchev–Trinajstić information content (AvgIpc) is 2.68. The summed E-state index contributed by atoms with van der Waals surface area (Å²) in [6.07, 6.45) is 1.10. The van der Waals surface area contributed by atoms with Crippen molar-refractivity contribution in [3.05, 3.63) is 95.6 Å². The number of carbonyl (C=O) groups is 2. The van der Waals surface area contributed by atoms with E-state index in [4.69, 9.17) is 4.74 Å². The summed E-state index contributed by atoms with van der Waals surface area (Å²) in [5, 5.41) is 0. The van der Waals surface area contributed by atoms with Crippen molar-refractivity contribution in [3.63, 3.8) is 0 Å². The van der Waals surface area contributed by atoms with Gasteiger partial charge in [0.2, 0.25) is 0 Å². The Kier molecular flexibility index (Phi) is 5.19. The van der Waals surface area contributed by atoms with E-state index in [0.717, 1.165) is 6.26 Å². The molecule has 0 heterocycles. The van der Waals surface area contributed by atoms with Crippen molar-refractivity contribution in [3.8, 4) is 5.75 Å². The first kappa shape index (κ1) is 18.5. The van der Waals surface area contributed by atoms with E-state index in [1.54, 1.807) is 48.5 Å². The Bertz CT molecular complexity index is 1070. The highest BCUT2D eigenvalue weighted by Gasteiger charge is 2.13. The van der Waals surface area contributed by atoms with Crippen LogP contribution in [0.1, 0.15) is 26.3 Å². The Balaban J connectivity index is 1.71. The lowest BCUT2D eigenvalue weighted by Crippen LogP contribution is -2.09. The average molecular weight is 380 g/mol. The zero-order valence-corrected chi connectivity index (χ0v) is 15.3. The molecule has 0 radical (unpaired) electrons. The normalized spacial score (nSPS) is 11.0. The van der Waals surface area contributed by atoms with Gasteiger partial charge in [0.1, 0.15) is 5.75 Å². The summed E-state index contributed by atoms with van der Waals surface area (Å²) >= 11 is 0. The molecule has 5 nitrogen and oxygen atoms in total. The van der Waals surface area contributed by atoms with Crippen LogP contribution in [0.3, 0.4) is 0 Å². The Morgan fingerprint density at radius 2 is 1.22 bits per heavy atom. The fourth-order valence-corrected chi connectivity index (χ4v) is 3.07. The largest absolute Gasteiger partial charge is 0.423 e. The number of sulfone groups is 1. The number of ketones is 1. The van der Waals surface area contributed by atoms with Gasteiger partial charge in [0.15, 0.2) is 15.6 Å². The van der Waals surface area contributed by atoms with Gasteiger partial charge in [-0.05, 0) is 48.5 Å². The number of esters is 1. The van der Waals surface area contributed by atoms with Crippen LogP contribution in [0.4, 0.5) is 0 Å². The zero-order valence-electron chi connectivity index (χ0n) is 14.5. The Hall–Kier alpha value is -3.25. The van der Waals surface area contributed by atoms with Crippen LogP contribution in [0.2, 0.25) is 0 Å². The number of rotatable bonds is 5. The quantitative estimate of drug-likeness (QED) is 0.384. The molecule has 0 aliphatic carbocycles. The van der Waals surface area contributed by atoms with Crippen molar-refractivity contribution in [2.75, 3.05) is 6.26 Å². The molecule has 27 heavy (non-hydrogen) atoms. The highest BCUT2D eigenvalue weighted by atomic mass is 32.2. The molecule has 3 rings (SSSR count). The maximum absolute atomic E-state index is 12.4. The van der Waals surface area contributed by atoms with Crippen molar-refractivity contribution in [2.45, 2.75) is 4.90 Å². The van der Waals surface area contributed by atoms with E-state index < -0.39 is 15.8 Å². The maximum atomic E-state index is 12.4. The molecule has 0 saturated heterocycles. The topological polar surface area (TPSA) is 77.5 Å². The first-order chi connectivity index (χ1) is 12.8. The molecule has 0 amide bonds. The molecule has 0 fully saturated rings. The summed E-state index contributed by atoms with van der Waals surface area (Å²) in [7, 11) is -3.32. The third kappa shape index (κ3) is 4.48. The van der Waals surface area contributed by atoms with E-state index in [1.165, 1.54) is 24.3 Å². The Labute approximate surface area is 157 Å². The van der Waals surface area contributed by atoms with E-state index in [2.05, 4.69) is 0 Å². The molecule has 6 heteroatoms. The van der Waals surface area contributed by atoms with E-state index in [1.807, 2.05) is 6.07 Å². The van der Waals surface area contributed by atoms with Crippen LogP contribution in [0, 0.1) is 0 Å². The molecular weight excluding hydrogens is 364 g/mol. The van der Waals surface area contributed by atoms with Gasteiger partial charge in [0.25, 0.3) is 0 Å². The van der Waals surface area contributed by atoms with Crippen LogP contribution in [0.25, 0.3) is 0 Å². The molecule has 136 valence electrons. The van der Waals surface area contributed by atoms with E-state index in [-0.39, 0.29) is 22.0 Å². The predicted octanol–water partition coefficient (Wildman–Crippen LogP) is 3.54.